The van der Waals surface area contributed by atoms with Gasteiger partial charge in [0.1, 0.15) is 0 Å². The van der Waals surface area contributed by atoms with E-state index in [0.29, 0.717) is 22.7 Å². The molecule has 0 heterocycles. The first-order chi connectivity index (χ1) is 16.2. The van der Waals surface area contributed by atoms with Gasteiger partial charge in [-0.25, -0.2) is 8.42 Å². The van der Waals surface area contributed by atoms with Crippen molar-refractivity contribution in [3.63, 3.8) is 0 Å². The summed E-state index contributed by atoms with van der Waals surface area (Å²) >= 11 is 1.55. The fourth-order valence-electron chi connectivity index (χ4n) is 3.35. The zero-order valence-electron chi connectivity index (χ0n) is 19.7. The second-order valence-corrected chi connectivity index (χ2v) is 10.4. The van der Waals surface area contributed by atoms with Gasteiger partial charge in [-0.2, -0.15) is 0 Å². The summed E-state index contributed by atoms with van der Waals surface area (Å²) in [5.74, 6) is 0.921. The van der Waals surface area contributed by atoms with Gasteiger partial charge >= 0.3 is 0 Å². The van der Waals surface area contributed by atoms with Crippen LogP contribution in [0.15, 0.2) is 76.5 Å². The number of rotatable bonds is 9. The van der Waals surface area contributed by atoms with Gasteiger partial charge in [0, 0.05) is 17.5 Å². The van der Waals surface area contributed by atoms with Crippen LogP contribution in [0.5, 0.6) is 11.5 Å². The molecule has 0 fully saturated rings. The molecule has 0 aromatic heterocycles. The van der Waals surface area contributed by atoms with E-state index >= 15 is 0 Å². The van der Waals surface area contributed by atoms with Crippen LogP contribution < -0.4 is 19.1 Å². The van der Waals surface area contributed by atoms with Gasteiger partial charge in [0.25, 0.3) is 15.9 Å². The van der Waals surface area contributed by atoms with Gasteiger partial charge in [0.2, 0.25) is 0 Å². The molecule has 0 bridgehead atoms. The SMILES string of the molecule is COc1ccc([C@@H](C)NC(=O)c2ccc(N(C)S(=O)(=O)c3ccc(SC)cc3)cc2)cc1OC. The van der Waals surface area contributed by atoms with Crippen LogP contribution in [0.1, 0.15) is 28.9 Å². The van der Waals surface area contributed by atoms with Crippen LogP contribution in [0.4, 0.5) is 5.69 Å². The van der Waals surface area contributed by atoms with Crippen molar-refractivity contribution in [2.45, 2.75) is 22.8 Å². The molecule has 9 heteroatoms. The van der Waals surface area contributed by atoms with E-state index in [4.69, 9.17) is 9.47 Å². The van der Waals surface area contributed by atoms with Gasteiger partial charge in [-0.15, -0.1) is 11.8 Å². The Morgan fingerprint density at radius 2 is 1.56 bits per heavy atom. The van der Waals surface area contributed by atoms with Crippen LogP contribution in [-0.4, -0.2) is 41.8 Å². The normalized spacial score (nSPS) is 12.0. The van der Waals surface area contributed by atoms with Crippen molar-refractivity contribution in [3.8, 4) is 11.5 Å². The van der Waals surface area contributed by atoms with E-state index in [1.165, 1.54) is 11.4 Å². The topological polar surface area (TPSA) is 84.9 Å². The maximum atomic E-state index is 13.0. The predicted molar refractivity (Wildman–Crippen MR) is 136 cm³/mol. The monoisotopic (exact) mass is 500 g/mol. The number of thioether (sulfide) groups is 1. The Labute approximate surface area is 205 Å². The summed E-state index contributed by atoms with van der Waals surface area (Å²) in [6.45, 7) is 1.87. The number of methoxy groups -OCH3 is 2. The van der Waals surface area contributed by atoms with E-state index in [-0.39, 0.29) is 16.8 Å². The summed E-state index contributed by atoms with van der Waals surface area (Å²) in [6, 6.07) is 18.4. The van der Waals surface area contributed by atoms with Crippen LogP contribution >= 0.6 is 11.8 Å². The number of nitrogens with one attached hydrogen (secondary N) is 1. The summed E-state index contributed by atoms with van der Waals surface area (Å²) in [7, 11) is 0.900. The third kappa shape index (κ3) is 5.48. The molecular weight excluding hydrogens is 472 g/mol. The number of benzene rings is 3. The summed E-state index contributed by atoms with van der Waals surface area (Å²) in [4.78, 5) is 14.0. The molecule has 0 saturated heterocycles. The molecule has 3 aromatic rings. The highest BCUT2D eigenvalue weighted by atomic mass is 32.2. The lowest BCUT2D eigenvalue weighted by Gasteiger charge is -2.20. The molecule has 1 amide bonds. The van der Waals surface area contributed by atoms with Crippen LogP contribution in [0.2, 0.25) is 0 Å². The van der Waals surface area contributed by atoms with Crippen LogP contribution in [0, 0.1) is 0 Å². The van der Waals surface area contributed by atoms with E-state index < -0.39 is 10.0 Å². The van der Waals surface area contributed by atoms with Gasteiger partial charge in [0.15, 0.2) is 11.5 Å². The standard InChI is InChI=1S/C25H28N2O5S2/c1-17(19-8-15-23(31-3)24(16-19)32-4)26-25(28)18-6-9-20(10-7-18)27(2)34(29,30)22-13-11-21(33-5)12-14-22/h6-17H,1-5H3,(H,26,28)/t17-/m1/s1. The summed E-state index contributed by atoms with van der Waals surface area (Å²) in [5.41, 5.74) is 1.74. The number of anilines is 1. The average molecular weight is 501 g/mol. The fraction of sp³-hybridized carbons (Fsp3) is 0.240. The smallest absolute Gasteiger partial charge is 0.264 e. The largest absolute Gasteiger partial charge is 0.493 e. The maximum absolute atomic E-state index is 13.0. The molecule has 0 aliphatic carbocycles. The first kappa shape index (κ1) is 25.5. The minimum atomic E-state index is -3.72. The molecule has 3 aromatic carbocycles. The van der Waals surface area contributed by atoms with Crippen LogP contribution in [0.25, 0.3) is 0 Å². The Hall–Kier alpha value is -3.17. The molecule has 1 N–H and O–H groups in total. The van der Waals surface area contributed by atoms with E-state index in [0.717, 1.165) is 10.5 Å². The second-order valence-electron chi connectivity index (χ2n) is 7.50. The maximum Gasteiger partial charge on any atom is 0.264 e. The number of hydrogen-bond donors (Lipinski definition) is 1. The number of amides is 1. The number of carbonyl (C=O) groups is 1. The Kier molecular flexibility index (Phi) is 8.11. The highest BCUT2D eigenvalue weighted by Crippen LogP contribution is 2.30. The van der Waals surface area contributed by atoms with Crippen molar-refractivity contribution in [1.82, 2.24) is 5.32 Å². The molecule has 0 aliphatic rings. The van der Waals surface area contributed by atoms with Crippen molar-refractivity contribution in [3.05, 3.63) is 77.9 Å². The molecule has 7 nitrogen and oxygen atoms in total. The third-order valence-corrected chi connectivity index (χ3v) is 8.01. The first-order valence-electron chi connectivity index (χ1n) is 10.5. The minimum Gasteiger partial charge on any atom is -0.493 e. The summed E-state index contributed by atoms with van der Waals surface area (Å²) in [6.07, 6.45) is 1.93. The molecule has 0 radical (unpaired) electrons. The van der Waals surface area contributed by atoms with Gasteiger partial charge < -0.3 is 14.8 Å². The summed E-state index contributed by atoms with van der Waals surface area (Å²) in [5, 5.41) is 2.95. The fourth-order valence-corrected chi connectivity index (χ4v) is 4.96. The van der Waals surface area contributed by atoms with Gasteiger partial charge in [-0.05, 0) is 79.4 Å². The summed E-state index contributed by atoms with van der Waals surface area (Å²) < 4.78 is 37.7. The Balaban J connectivity index is 1.72. The zero-order chi connectivity index (χ0) is 24.9. The molecule has 0 aliphatic heterocycles. The Bertz CT molecular complexity index is 1240. The minimum absolute atomic E-state index is 0.207. The highest BCUT2D eigenvalue weighted by molar-refractivity contribution is 7.98. The van der Waals surface area contributed by atoms with Crippen molar-refractivity contribution >= 4 is 33.4 Å². The molecule has 0 spiro atoms. The molecule has 3 rings (SSSR count). The zero-order valence-corrected chi connectivity index (χ0v) is 21.4. The number of nitrogens with zero attached hydrogens (tertiary/aromatic N) is 1. The molecular formula is C25H28N2O5S2. The lowest BCUT2D eigenvalue weighted by atomic mass is 10.1. The molecule has 180 valence electrons. The van der Waals surface area contributed by atoms with Crippen molar-refractivity contribution in [2.24, 2.45) is 0 Å². The van der Waals surface area contributed by atoms with Gasteiger partial charge in [-0.3, -0.25) is 9.10 Å². The number of sulfonamides is 1. The lowest BCUT2D eigenvalue weighted by Crippen LogP contribution is -2.28. The highest BCUT2D eigenvalue weighted by Gasteiger charge is 2.22. The van der Waals surface area contributed by atoms with Crippen molar-refractivity contribution in [2.75, 3.05) is 31.8 Å². The average Bonchev–Trinajstić information content (AvgIpc) is 2.87. The lowest BCUT2D eigenvalue weighted by molar-refractivity contribution is 0.0940. The molecule has 0 unspecified atom stereocenters. The van der Waals surface area contributed by atoms with Crippen molar-refractivity contribution < 1.29 is 22.7 Å². The molecule has 34 heavy (non-hydrogen) atoms. The van der Waals surface area contributed by atoms with E-state index in [1.807, 2.05) is 25.3 Å². The van der Waals surface area contributed by atoms with Crippen LogP contribution in [0.3, 0.4) is 0 Å². The van der Waals surface area contributed by atoms with Crippen molar-refractivity contribution in [1.29, 1.82) is 0 Å². The third-order valence-electron chi connectivity index (χ3n) is 5.47. The van der Waals surface area contributed by atoms with Crippen LogP contribution in [-0.2, 0) is 10.0 Å². The molecule has 0 saturated carbocycles. The van der Waals surface area contributed by atoms with Gasteiger partial charge in [-0.1, -0.05) is 6.07 Å². The van der Waals surface area contributed by atoms with Gasteiger partial charge in [0.05, 0.1) is 30.8 Å². The van der Waals surface area contributed by atoms with E-state index in [2.05, 4.69) is 5.32 Å². The second kappa shape index (κ2) is 10.8. The number of ether oxygens (including phenoxy) is 2. The molecule has 1 atom stereocenters. The number of hydrogen-bond acceptors (Lipinski definition) is 6. The number of carbonyl (C=O) groups excluding carboxylic acids is 1. The first-order valence-corrected chi connectivity index (χ1v) is 13.1. The Morgan fingerprint density at radius 3 is 2.12 bits per heavy atom. The Morgan fingerprint density at radius 1 is 0.941 bits per heavy atom. The van der Waals surface area contributed by atoms with E-state index in [1.54, 1.807) is 80.6 Å². The predicted octanol–water partition coefficient (Wildman–Crippen LogP) is 4.74. The van der Waals surface area contributed by atoms with E-state index in [9.17, 15) is 13.2 Å². The quantitative estimate of drug-likeness (QED) is 0.427.